The highest BCUT2D eigenvalue weighted by molar-refractivity contribution is 8.18. The summed E-state index contributed by atoms with van der Waals surface area (Å²) in [5, 5.41) is -0.265. The van der Waals surface area contributed by atoms with Gasteiger partial charge in [0.05, 0.1) is 22.5 Å². The van der Waals surface area contributed by atoms with Crippen molar-refractivity contribution < 1.29 is 14.0 Å². The van der Waals surface area contributed by atoms with Crippen molar-refractivity contribution >= 4 is 51.6 Å². The summed E-state index contributed by atoms with van der Waals surface area (Å²) in [4.78, 5) is 38.5. The number of carbonyl (C=O) groups excluding carboxylic acids is 2. The number of fused-ring (bicyclic) bond motifs is 1. The maximum Gasteiger partial charge on any atom is 0.328 e. The number of benzene rings is 2. The highest BCUT2D eigenvalue weighted by Gasteiger charge is 2.35. The molecule has 0 radical (unpaired) electrons. The lowest BCUT2D eigenvalue weighted by Gasteiger charge is -2.13. The van der Waals surface area contributed by atoms with Gasteiger partial charge in [0, 0.05) is 19.1 Å². The van der Waals surface area contributed by atoms with E-state index < -0.39 is 17.0 Å². The quantitative estimate of drug-likeness (QED) is 0.590. The second-order valence-electron chi connectivity index (χ2n) is 6.65. The highest BCUT2D eigenvalue weighted by atomic mass is 35.5. The Morgan fingerprint density at radius 3 is 2.48 bits per heavy atom. The van der Waals surface area contributed by atoms with Crippen molar-refractivity contribution in [3.63, 3.8) is 0 Å². The zero-order valence-corrected chi connectivity index (χ0v) is 17.1. The van der Waals surface area contributed by atoms with E-state index in [4.69, 9.17) is 11.6 Å². The van der Waals surface area contributed by atoms with Crippen molar-refractivity contribution in [1.82, 2.24) is 14.0 Å². The first kappa shape index (κ1) is 19.5. The van der Waals surface area contributed by atoms with E-state index in [1.165, 1.54) is 16.7 Å². The van der Waals surface area contributed by atoms with Crippen molar-refractivity contribution in [3.8, 4) is 0 Å². The van der Waals surface area contributed by atoms with Crippen LogP contribution in [0.15, 0.2) is 46.1 Å². The van der Waals surface area contributed by atoms with Crippen molar-refractivity contribution in [2.45, 2.75) is 6.54 Å². The molecule has 0 spiro atoms. The molecule has 2 amide bonds. The lowest BCUT2D eigenvalue weighted by Crippen LogP contribution is -2.27. The smallest absolute Gasteiger partial charge is 0.295 e. The Balaban J connectivity index is 1.64. The fraction of sp³-hybridized carbons (Fsp3) is 0.150. The molecule has 0 bridgehead atoms. The summed E-state index contributed by atoms with van der Waals surface area (Å²) in [5.74, 6) is -0.930. The molecule has 9 heteroatoms. The molecule has 0 saturated carbocycles. The molecular formula is C20H15ClFN3O3S. The van der Waals surface area contributed by atoms with Gasteiger partial charge in [-0.05, 0) is 53.2 Å². The van der Waals surface area contributed by atoms with E-state index >= 15 is 0 Å². The number of nitrogens with zero attached hydrogens (tertiary/aromatic N) is 3. The lowest BCUT2D eigenvalue weighted by atomic mass is 10.1. The summed E-state index contributed by atoms with van der Waals surface area (Å²) in [6.45, 7) is -0.0344. The normalized spacial score (nSPS) is 15.9. The Morgan fingerprint density at radius 1 is 1.03 bits per heavy atom. The monoisotopic (exact) mass is 431 g/mol. The van der Waals surface area contributed by atoms with Gasteiger partial charge in [0.2, 0.25) is 0 Å². The molecule has 0 aliphatic carbocycles. The van der Waals surface area contributed by atoms with Crippen molar-refractivity contribution in [2.75, 3.05) is 0 Å². The molecule has 1 saturated heterocycles. The summed E-state index contributed by atoms with van der Waals surface area (Å²) in [5.41, 5.74) is 2.53. The minimum Gasteiger partial charge on any atom is -0.295 e. The number of imide groups is 1. The molecule has 29 heavy (non-hydrogen) atoms. The van der Waals surface area contributed by atoms with Crippen LogP contribution in [0.4, 0.5) is 9.18 Å². The van der Waals surface area contributed by atoms with Crippen LogP contribution in [0.25, 0.3) is 17.1 Å². The van der Waals surface area contributed by atoms with Gasteiger partial charge in [-0.3, -0.25) is 23.6 Å². The van der Waals surface area contributed by atoms with Crippen LogP contribution in [-0.4, -0.2) is 25.2 Å². The van der Waals surface area contributed by atoms with Gasteiger partial charge in [0.25, 0.3) is 11.1 Å². The molecule has 2 heterocycles. The van der Waals surface area contributed by atoms with Crippen molar-refractivity contribution in [3.05, 3.63) is 73.8 Å². The van der Waals surface area contributed by atoms with E-state index in [9.17, 15) is 18.8 Å². The topological polar surface area (TPSA) is 64.3 Å². The number of carbonyl (C=O) groups is 2. The Kier molecular flexibility index (Phi) is 4.84. The van der Waals surface area contributed by atoms with Gasteiger partial charge >= 0.3 is 5.69 Å². The van der Waals surface area contributed by atoms with E-state index in [-0.39, 0.29) is 22.2 Å². The number of hydrogen-bond acceptors (Lipinski definition) is 4. The second kappa shape index (κ2) is 7.20. The van der Waals surface area contributed by atoms with Crippen LogP contribution in [0.5, 0.6) is 0 Å². The molecule has 0 atom stereocenters. The van der Waals surface area contributed by atoms with Crippen LogP contribution in [0.2, 0.25) is 5.02 Å². The molecule has 3 aromatic rings. The van der Waals surface area contributed by atoms with Gasteiger partial charge in [-0.15, -0.1) is 0 Å². The van der Waals surface area contributed by atoms with Gasteiger partial charge < -0.3 is 0 Å². The summed E-state index contributed by atoms with van der Waals surface area (Å²) in [6.07, 6.45) is 1.62. The van der Waals surface area contributed by atoms with Gasteiger partial charge in [0.15, 0.2) is 0 Å². The fourth-order valence-electron chi connectivity index (χ4n) is 3.22. The first-order chi connectivity index (χ1) is 13.8. The minimum absolute atomic E-state index is 0.0344. The molecule has 1 aromatic heterocycles. The van der Waals surface area contributed by atoms with Crippen LogP contribution in [0.1, 0.15) is 11.1 Å². The molecule has 1 aliphatic rings. The standard InChI is InChI=1S/C20H15ClFN3O3S/c1-23-15-6-3-11(7-16(15)24(2)19(23)27)8-17-18(26)25(20(28)29-17)10-12-4-5-13(22)9-14(12)21/h3-9H,10H2,1-2H3/b17-8+. The molecule has 2 aromatic carbocycles. The number of imidazole rings is 1. The third-order valence-electron chi connectivity index (χ3n) is 4.81. The fourth-order valence-corrected chi connectivity index (χ4v) is 4.29. The predicted octanol–water partition coefficient (Wildman–Crippen LogP) is 3.91. The molecule has 148 valence electrons. The zero-order chi connectivity index (χ0) is 20.9. The van der Waals surface area contributed by atoms with Crippen LogP contribution in [0.3, 0.4) is 0 Å². The largest absolute Gasteiger partial charge is 0.328 e. The van der Waals surface area contributed by atoms with Gasteiger partial charge in [-0.1, -0.05) is 23.7 Å². The Labute approximate surface area is 174 Å². The van der Waals surface area contributed by atoms with E-state index in [0.717, 1.165) is 33.8 Å². The number of aryl methyl sites for hydroxylation is 2. The van der Waals surface area contributed by atoms with Gasteiger partial charge in [0.1, 0.15) is 5.82 Å². The van der Waals surface area contributed by atoms with E-state index in [1.807, 2.05) is 0 Å². The van der Waals surface area contributed by atoms with E-state index in [2.05, 4.69) is 0 Å². The third-order valence-corrected chi connectivity index (χ3v) is 6.07. The molecule has 4 rings (SSSR count). The predicted molar refractivity (Wildman–Crippen MR) is 111 cm³/mol. The highest BCUT2D eigenvalue weighted by Crippen LogP contribution is 2.34. The zero-order valence-electron chi connectivity index (χ0n) is 15.5. The minimum atomic E-state index is -0.488. The average molecular weight is 432 g/mol. The SMILES string of the molecule is Cn1c(=O)n(C)c2cc(/C=C3/SC(=O)N(Cc4ccc(F)cc4Cl)C3=O)ccc21. The summed E-state index contributed by atoms with van der Waals surface area (Å²) >= 11 is 6.84. The van der Waals surface area contributed by atoms with E-state index in [1.54, 1.807) is 42.9 Å². The molecule has 1 aliphatic heterocycles. The molecular weight excluding hydrogens is 417 g/mol. The molecule has 6 nitrogen and oxygen atoms in total. The Bertz CT molecular complexity index is 1280. The number of halogens is 2. The Morgan fingerprint density at radius 2 is 1.76 bits per heavy atom. The molecule has 1 fully saturated rings. The summed E-state index contributed by atoms with van der Waals surface area (Å²) in [6, 6.07) is 9.20. The van der Waals surface area contributed by atoms with Gasteiger partial charge in [-0.25, -0.2) is 9.18 Å². The van der Waals surface area contributed by atoms with Gasteiger partial charge in [-0.2, -0.15) is 0 Å². The van der Waals surface area contributed by atoms with Crippen LogP contribution < -0.4 is 5.69 Å². The number of amides is 2. The maximum absolute atomic E-state index is 13.2. The molecule has 0 unspecified atom stereocenters. The van der Waals surface area contributed by atoms with Crippen LogP contribution >= 0.6 is 23.4 Å². The summed E-state index contributed by atoms with van der Waals surface area (Å²) in [7, 11) is 3.37. The van der Waals surface area contributed by atoms with Crippen LogP contribution in [0, 0.1) is 5.82 Å². The lowest BCUT2D eigenvalue weighted by molar-refractivity contribution is -0.123. The molecule has 0 N–H and O–H groups in total. The number of rotatable bonds is 3. The second-order valence-corrected chi connectivity index (χ2v) is 8.05. The number of thioether (sulfide) groups is 1. The number of aromatic nitrogens is 2. The maximum atomic E-state index is 13.2. The summed E-state index contributed by atoms with van der Waals surface area (Å²) < 4.78 is 16.3. The van der Waals surface area contributed by atoms with E-state index in [0.29, 0.717) is 11.1 Å². The first-order valence-corrected chi connectivity index (χ1v) is 9.80. The first-order valence-electron chi connectivity index (χ1n) is 8.61. The number of hydrogen-bond donors (Lipinski definition) is 0. The van der Waals surface area contributed by atoms with Crippen molar-refractivity contribution in [1.29, 1.82) is 0 Å². The Hall–Kier alpha value is -2.84. The van der Waals surface area contributed by atoms with Crippen molar-refractivity contribution in [2.24, 2.45) is 14.1 Å². The van der Waals surface area contributed by atoms with Crippen LogP contribution in [-0.2, 0) is 25.4 Å². The average Bonchev–Trinajstić information content (AvgIpc) is 3.06. The third kappa shape index (κ3) is 3.38.